The monoisotopic (exact) mass is 210 g/mol. The summed E-state index contributed by atoms with van der Waals surface area (Å²) in [5.41, 5.74) is 0.0732. The molecule has 4 nitrogen and oxygen atoms in total. The maximum atomic E-state index is 13.4. The molecule has 0 bridgehead atoms. The average Bonchev–Trinajstić information content (AvgIpc) is 2.12. The molecule has 0 aliphatic carbocycles. The van der Waals surface area contributed by atoms with Crippen molar-refractivity contribution in [2.24, 2.45) is 0 Å². The summed E-state index contributed by atoms with van der Waals surface area (Å²) in [5.74, 6) is -0.490. The molecule has 0 spiro atoms. The first-order chi connectivity index (χ1) is 7.18. The van der Waals surface area contributed by atoms with E-state index in [4.69, 9.17) is 0 Å². The van der Waals surface area contributed by atoms with E-state index in [9.17, 15) is 14.5 Å². The molecule has 1 aliphatic rings. The van der Waals surface area contributed by atoms with E-state index in [0.29, 0.717) is 6.54 Å². The van der Waals surface area contributed by atoms with Crippen molar-refractivity contribution >= 4 is 5.69 Å². The molecule has 1 aromatic carbocycles. The van der Waals surface area contributed by atoms with Crippen molar-refractivity contribution in [1.29, 1.82) is 0 Å². The molecular weight excluding hydrogens is 199 g/mol. The summed E-state index contributed by atoms with van der Waals surface area (Å²) < 4.78 is 13.4. The Morgan fingerprint density at radius 1 is 1.47 bits per heavy atom. The Kier molecular flexibility index (Phi) is 2.64. The summed E-state index contributed by atoms with van der Waals surface area (Å²) in [6.45, 7) is 2.12. The number of nitrogens with zero attached hydrogens (tertiary/aromatic N) is 2. The van der Waals surface area contributed by atoms with Gasteiger partial charge in [0.2, 0.25) is 0 Å². The van der Waals surface area contributed by atoms with Crippen molar-refractivity contribution in [3.63, 3.8) is 0 Å². The molecule has 0 atom stereocenters. The Labute approximate surface area is 86.5 Å². The summed E-state index contributed by atoms with van der Waals surface area (Å²) in [7, 11) is 0. The first-order valence-electron chi connectivity index (χ1n) is 4.82. The Morgan fingerprint density at radius 3 is 2.73 bits per heavy atom. The summed E-state index contributed by atoms with van der Waals surface area (Å²) in [5, 5.41) is 10.7. The lowest BCUT2D eigenvalue weighted by Crippen LogP contribution is -2.36. The van der Waals surface area contributed by atoms with Gasteiger partial charge >= 0.3 is 0 Å². The number of nitro benzene ring substituents is 1. The summed E-state index contributed by atoms with van der Waals surface area (Å²) >= 11 is 0. The minimum atomic E-state index is -0.530. The van der Waals surface area contributed by atoms with Crippen LogP contribution in [-0.2, 0) is 6.54 Å². The number of nitro groups is 1. The van der Waals surface area contributed by atoms with E-state index in [1.165, 1.54) is 18.2 Å². The second kappa shape index (κ2) is 3.94. The zero-order valence-corrected chi connectivity index (χ0v) is 8.15. The third kappa shape index (κ3) is 1.97. The lowest BCUT2D eigenvalue weighted by molar-refractivity contribution is -0.386. The fourth-order valence-electron chi connectivity index (χ4n) is 1.64. The molecule has 2 rings (SSSR count). The van der Waals surface area contributed by atoms with Crippen LogP contribution in [0.15, 0.2) is 18.2 Å². The largest absolute Gasteiger partial charge is 0.299 e. The van der Waals surface area contributed by atoms with Crippen molar-refractivity contribution in [3.8, 4) is 0 Å². The molecule has 1 fully saturated rings. The van der Waals surface area contributed by atoms with Crippen molar-refractivity contribution in [1.82, 2.24) is 4.90 Å². The van der Waals surface area contributed by atoms with E-state index in [2.05, 4.69) is 0 Å². The van der Waals surface area contributed by atoms with E-state index >= 15 is 0 Å². The van der Waals surface area contributed by atoms with Crippen LogP contribution in [0.3, 0.4) is 0 Å². The van der Waals surface area contributed by atoms with Gasteiger partial charge in [-0.2, -0.15) is 0 Å². The minimum absolute atomic E-state index is 0.123. The molecule has 15 heavy (non-hydrogen) atoms. The molecule has 1 saturated heterocycles. The van der Waals surface area contributed by atoms with E-state index in [-0.39, 0.29) is 11.3 Å². The molecule has 80 valence electrons. The highest BCUT2D eigenvalue weighted by Gasteiger charge is 2.22. The third-order valence-electron chi connectivity index (χ3n) is 2.62. The minimum Gasteiger partial charge on any atom is -0.299 e. The number of hydrogen-bond donors (Lipinski definition) is 0. The lowest BCUT2D eigenvalue weighted by atomic mass is 10.1. The first-order valence-corrected chi connectivity index (χ1v) is 4.82. The second-order valence-corrected chi connectivity index (χ2v) is 3.62. The van der Waals surface area contributed by atoms with Gasteiger partial charge in [0.15, 0.2) is 0 Å². The fourth-order valence-corrected chi connectivity index (χ4v) is 1.64. The van der Waals surface area contributed by atoms with E-state index in [1.54, 1.807) is 0 Å². The maximum Gasteiger partial charge on any atom is 0.276 e. The van der Waals surface area contributed by atoms with Gasteiger partial charge in [0, 0.05) is 12.6 Å². The SMILES string of the molecule is O=[N+]([O-])c1cccc(F)c1CN1CCC1. The Hall–Kier alpha value is -1.49. The van der Waals surface area contributed by atoms with Gasteiger partial charge < -0.3 is 0 Å². The van der Waals surface area contributed by atoms with Gasteiger partial charge in [0.25, 0.3) is 5.69 Å². The second-order valence-electron chi connectivity index (χ2n) is 3.62. The number of rotatable bonds is 3. The molecule has 1 aliphatic heterocycles. The van der Waals surface area contributed by atoms with Crippen LogP contribution in [0.25, 0.3) is 0 Å². The Morgan fingerprint density at radius 2 is 2.20 bits per heavy atom. The molecule has 0 radical (unpaired) electrons. The summed E-state index contributed by atoms with van der Waals surface area (Å²) in [6, 6.07) is 3.98. The van der Waals surface area contributed by atoms with Crippen LogP contribution < -0.4 is 0 Å². The topological polar surface area (TPSA) is 46.4 Å². The third-order valence-corrected chi connectivity index (χ3v) is 2.62. The van der Waals surface area contributed by atoms with Crippen LogP contribution in [0, 0.1) is 15.9 Å². The predicted octanol–water partition coefficient (Wildman–Crippen LogP) is 1.94. The molecule has 1 heterocycles. The molecule has 0 saturated carbocycles. The fraction of sp³-hybridized carbons (Fsp3) is 0.400. The van der Waals surface area contributed by atoms with Gasteiger partial charge in [-0.05, 0) is 25.6 Å². The smallest absolute Gasteiger partial charge is 0.276 e. The number of hydrogen-bond acceptors (Lipinski definition) is 3. The number of likely N-dealkylation sites (tertiary alicyclic amines) is 1. The number of benzene rings is 1. The zero-order chi connectivity index (χ0) is 10.8. The predicted molar refractivity (Wildman–Crippen MR) is 52.9 cm³/mol. The van der Waals surface area contributed by atoms with E-state index in [1.807, 2.05) is 4.90 Å². The van der Waals surface area contributed by atoms with Gasteiger partial charge in [-0.3, -0.25) is 15.0 Å². The highest BCUT2D eigenvalue weighted by atomic mass is 19.1. The Balaban J connectivity index is 2.29. The molecule has 0 N–H and O–H groups in total. The van der Waals surface area contributed by atoms with Crippen molar-refractivity contribution in [2.45, 2.75) is 13.0 Å². The average molecular weight is 210 g/mol. The first kappa shape index (κ1) is 10.0. The molecule has 0 unspecified atom stereocenters. The molecule has 5 heteroatoms. The van der Waals surface area contributed by atoms with Gasteiger partial charge in [-0.1, -0.05) is 6.07 Å². The molecular formula is C10H11FN2O2. The van der Waals surface area contributed by atoms with E-state index < -0.39 is 10.7 Å². The normalized spacial score (nSPS) is 16.1. The summed E-state index contributed by atoms with van der Waals surface area (Å²) in [6.07, 6.45) is 1.09. The van der Waals surface area contributed by atoms with Gasteiger partial charge in [-0.25, -0.2) is 4.39 Å². The van der Waals surface area contributed by atoms with Crippen LogP contribution in [0.1, 0.15) is 12.0 Å². The number of halogens is 1. The Bertz CT molecular complexity index is 391. The zero-order valence-electron chi connectivity index (χ0n) is 8.15. The summed E-state index contributed by atoms with van der Waals surface area (Å²) in [4.78, 5) is 12.1. The van der Waals surface area contributed by atoms with Crippen LogP contribution in [-0.4, -0.2) is 22.9 Å². The highest BCUT2D eigenvalue weighted by molar-refractivity contribution is 5.40. The molecule has 0 aromatic heterocycles. The van der Waals surface area contributed by atoms with Crippen LogP contribution in [0.2, 0.25) is 0 Å². The van der Waals surface area contributed by atoms with E-state index in [0.717, 1.165) is 19.5 Å². The quantitative estimate of drug-likeness (QED) is 0.565. The maximum absolute atomic E-state index is 13.4. The van der Waals surface area contributed by atoms with Crippen LogP contribution in [0.5, 0.6) is 0 Å². The molecule has 1 aromatic rings. The van der Waals surface area contributed by atoms with Gasteiger partial charge in [0.05, 0.1) is 10.5 Å². The standard InChI is InChI=1S/C10H11FN2O2/c11-9-3-1-4-10(13(14)15)8(9)7-12-5-2-6-12/h1,3-4H,2,5-7H2. The van der Waals surface area contributed by atoms with Gasteiger partial charge in [-0.15, -0.1) is 0 Å². The molecule has 0 amide bonds. The van der Waals surface area contributed by atoms with Crippen molar-refractivity contribution in [2.75, 3.05) is 13.1 Å². The highest BCUT2D eigenvalue weighted by Crippen LogP contribution is 2.24. The van der Waals surface area contributed by atoms with Crippen molar-refractivity contribution < 1.29 is 9.31 Å². The van der Waals surface area contributed by atoms with Gasteiger partial charge in [0.1, 0.15) is 5.82 Å². The van der Waals surface area contributed by atoms with Crippen LogP contribution >= 0.6 is 0 Å². The van der Waals surface area contributed by atoms with Crippen LogP contribution in [0.4, 0.5) is 10.1 Å². The van der Waals surface area contributed by atoms with Crippen molar-refractivity contribution in [3.05, 3.63) is 39.7 Å². The lowest BCUT2D eigenvalue weighted by Gasteiger charge is -2.30.